The van der Waals surface area contributed by atoms with Crippen molar-refractivity contribution in [2.24, 2.45) is 10.9 Å². The molecule has 5 nitrogen and oxygen atoms in total. The maximum absolute atomic E-state index is 12.7. The minimum atomic E-state index is -0.101. The number of rotatable bonds is 2. The van der Waals surface area contributed by atoms with Gasteiger partial charge in [0.1, 0.15) is 5.25 Å². The van der Waals surface area contributed by atoms with Crippen molar-refractivity contribution < 1.29 is 4.79 Å². The van der Waals surface area contributed by atoms with Gasteiger partial charge in [-0.15, -0.1) is 0 Å². The zero-order valence-corrected chi connectivity index (χ0v) is 15.0. The number of likely N-dealkylation sites (tertiary alicyclic amines) is 1. The van der Waals surface area contributed by atoms with Gasteiger partial charge in [0.2, 0.25) is 11.9 Å². The molecule has 1 N–H and O–H groups in total. The SMILES string of the molecule is CC1CC(C)N(CC2SC(=S)N(C3=NCCN3)C2=O)C(C)C1. The fourth-order valence-corrected chi connectivity index (χ4v) is 5.32. The molecule has 3 atom stereocenters. The van der Waals surface area contributed by atoms with Gasteiger partial charge in [0.15, 0.2) is 4.32 Å². The molecule has 122 valence electrons. The number of hydrogen-bond acceptors (Lipinski definition) is 6. The number of hydrogen-bond donors (Lipinski definition) is 1. The monoisotopic (exact) mass is 340 g/mol. The summed E-state index contributed by atoms with van der Waals surface area (Å²) in [6.45, 7) is 9.15. The highest BCUT2D eigenvalue weighted by molar-refractivity contribution is 8.24. The van der Waals surface area contributed by atoms with Crippen molar-refractivity contribution in [1.82, 2.24) is 15.1 Å². The van der Waals surface area contributed by atoms with Crippen LogP contribution in [0.5, 0.6) is 0 Å². The van der Waals surface area contributed by atoms with Gasteiger partial charge in [0.25, 0.3) is 0 Å². The standard InChI is InChI=1S/C15H24N4OS2/c1-9-6-10(2)18(11(3)7-9)8-12-13(20)19(15(21)22-12)14-16-4-5-17-14/h9-12H,4-8H2,1-3H3,(H,16,17). The Kier molecular flexibility index (Phi) is 4.75. The highest BCUT2D eigenvalue weighted by Gasteiger charge is 2.42. The molecule has 2 fully saturated rings. The second-order valence-corrected chi connectivity index (χ2v) is 8.49. The van der Waals surface area contributed by atoms with Gasteiger partial charge >= 0.3 is 0 Å². The van der Waals surface area contributed by atoms with Gasteiger partial charge < -0.3 is 5.32 Å². The van der Waals surface area contributed by atoms with E-state index in [4.69, 9.17) is 12.2 Å². The van der Waals surface area contributed by atoms with Crippen LogP contribution in [0.4, 0.5) is 0 Å². The van der Waals surface area contributed by atoms with Crippen LogP contribution in [0.1, 0.15) is 33.6 Å². The van der Waals surface area contributed by atoms with Crippen molar-refractivity contribution in [3.05, 3.63) is 0 Å². The van der Waals surface area contributed by atoms with Crippen LogP contribution in [0.2, 0.25) is 0 Å². The van der Waals surface area contributed by atoms with Gasteiger partial charge in [-0.3, -0.25) is 14.7 Å². The van der Waals surface area contributed by atoms with Crippen LogP contribution in [0.25, 0.3) is 0 Å². The lowest BCUT2D eigenvalue weighted by atomic mass is 9.88. The van der Waals surface area contributed by atoms with Crippen molar-refractivity contribution >= 4 is 40.2 Å². The van der Waals surface area contributed by atoms with Gasteiger partial charge in [0.05, 0.1) is 6.54 Å². The third kappa shape index (κ3) is 3.03. The Bertz CT molecular complexity index is 498. The van der Waals surface area contributed by atoms with Gasteiger partial charge in [-0.2, -0.15) is 0 Å². The number of aliphatic imine (C=N–C) groups is 1. The quantitative estimate of drug-likeness (QED) is 0.775. The number of carbonyl (C=O) groups is 1. The van der Waals surface area contributed by atoms with E-state index in [2.05, 4.69) is 36.0 Å². The summed E-state index contributed by atoms with van der Waals surface area (Å²) in [5.41, 5.74) is 0. The lowest BCUT2D eigenvalue weighted by Crippen LogP contribution is -2.51. The molecule has 0 aromatic heterocycles. The summed E-state index contributed by atoms with van der Waals surface area (Å²) in [5, 5.41) is 3.05. The zero-order chi connectivity index (χ0) is 15.9. The number of thiocarbonyl (C=S) groups is 1. The van der Waals surface area contributed by atoms with Crippen LogP contribution >= 0.6 is 24.0 Å². The molecule has 2 saturated heterocycles. The summed E-state index contributed by atoms with van der Waals surface area (Å²) in [5.74, 6) is 1.49. The van der Waals surface area contributed by atoms with Gasteiger partial charge in [-0.05, 0) is 32.6 Å². The minimum Gasteiger partial charge on any atom is -0.354 e. The van der Waals surface area contributed by atoms with Gasteiger partial charge in [-0.25, -0.2) is 4.90 Å². The van der Waals surface area contributed by atoms with Crippen molar-refractivity contribution in [3.63, 3.8) is 0 Å². The summed E-state index contributed by atoms with van der Waals surface area (Å²) < 4.78 is 0.633. The van der Waals surface area contributed by atoms with Crippen molar-refractivity contribution in [2.45, 2.75) is 50.9 Å². The Labute approximate surface area is 141 Å². The van der Waals surface area contributed by atoms with Crippen LogP contribution in [-0.4, -0.2) is 63.0 Å². The van der Waals surface area contributed by atoms with Crippen LogP contribution in [0.3, 0.4) is 0 Å². The Morgan fingerprint density at radius 1 is 1.32 bits per heavy atom. The van der Waals surface area contributed by atoms with Crippen LogP contribution in [0.15, 0.2) is 4.99 Å². The van der Waals surface area contributed by atoms with E-state index in [0.29, 0.717) is 22.4 Å². The molecule has 0 aromatic rings. The largest absolute Gasteiger partial charge is 0.354 e. The van der Waals surface area contributed by atoms with E-state index in [9.17, 15) is 4.79 Å². The highest BCUT2D eigenvalue weighted by atomic mass is 32.2. The molecule has 0 saturated carbocycles. The van der Waals surface area contributed by atoms with E-state index in [1.165, 1.54) is 24.6 Å². The Balaban J connectivity index is 1.68. The summed E-state index contributed by atoms with van der Waals surface area (Å²) in [7, 11) is 0. The van der Waals surface area contributed by atoms with E-state index in [-0.39, 0.29) is 11.2 Å². The molecule has 3 aliphatic rings. The molecule has 22 heavy (non-hydrogen) atoms. The number of piperidine rings is 1. The Morgan fingerprint density at radius 2 is 2.00 bits per heavy atom. The van der Waals surface area contributed by atoms with Crippen molar-refractivity contribution in [1.29, 1.82) is 0 Å². The molecule has 0 aromatic carbocycles. The maximum Gasteiger partial charge on any atom is 0.249 e. The highest BCUT2D eigenvalue weighted by Crippen LogP contribution is 2.33. The molecule has 0 aliphatic carbocycles. The molecule has 0 radical (unpaired) electrons. The smallest absolute Gasteiger partial charge is 0.249 e. The van der Waals surface area contributed by atoms with Gasteiger partial charge in [0, 0.05) is 25.2 Å². The first-order valence-electron chi connectivity index (χ1n) is 8.06. The van der Waals surface area contributed by atoms with E-state index in [0.717, 1.165) is 25.6 Å². The average molecular weight is 341 g/mol. The first kappa shape index (κ1) is 16.2. The van der Waals surface area contributed by atoms with E-state index < -0.39 is 0 Å². The Hall–Kier alpha value is -0.660. The summed E-state index contributed by atoms with van der Waals surface area (Å²) in [6, 6.07) is 1.05. The fraction of sp³-hybridized carbons (Fsp3) is 0.800. The second-order valence-electron chi connectivity index (χ2n) is 6.65. The van der Waals surface area contributed by atoms with E-state index in [1.807, 2.05) is 0 Å². The van der Waals surface area contributed by atoms with Gasteiger partial charge in [-0.1, -0.05) is 30.9 Å². The number of amides is 1. The molecule has 3 unspecified atom stereocenters. The summed E-state index contributed by atoms with van der Waals surface area (Å²) in [4.78, 5) is 21.1. The maximum atomic E-state index is 12.7. The summed E-state index contributed by atoms with van der Waals surface area (Å²) >= 11 is 6.92. The number of carbonyl (C=O) groups excluding carboxylic acids is 1. The van der Waals surface area contributed by atoms with Crippen LogP contribution in [-0.2, 0) is 4.79 Å². The van der Waals surface area contributed by atoms with Crippen molar-refractivity contribution in [3.8, 4) is 0 Å². The van der Waals surface area contributed by atoms with E-state index >= 15 is 0 Å². The molecule has 0 spiro atoms. The first-order valence-corrected chi connectivity index (χ1v) is 9.34. The number of guanidine groups is 1. The molecule has 7 heteroatoms. The third-order valence-electron chi connectivity index (χ3n) is 4.79. The normalized spacial score (nSPS) is 36.7. The Morgan fingerprint density at radius 3 is 2.59 bits per heavy atom. The van der Waals surface area contributed by atoms with Crippen LogP contribution in [0, 0.1) is 5.92 Å². The first-order chi connectivity index (χ1) is 10.5. The number of nitrogens with one attached hydrogen (secondary N) is 1. The second kappa shape index (κ2) is 6.45. The topological polar surface area (TPSA) is 47.9 Å². The molecular formula is C15H24N4OS2. The lowest BCUT2D eigenvalue weighted by molar-refractivity contribution is -0.124. The molecule has 3 aliphatic heterocycles. The van der Waals surface area contributed by atoms with Crippen LogP contribution < -0.4 is 5.32 Å². The number of nitrogens with zero attached hydrogens (tertiary/aromatic N) is 3. The average Bonchev–Trinajstić information content (AvgIpc) is 3.03. The minimum absolute atomic E-state index is 0.0844. The third-order valence-corrected chi connectivity index (χ3v) is 6.28. The molecule has 0 bridgehead atoms. The summed E-state index contributed by atoms with van der Waals surface area (Å²) in [6.07, 6.45) is 2.41. The zero-order valence-electron chi connectivity index (χ0n) is 13.4. The predicted molar refractivity (Wildman–Crippen MR) is 95.2 cm³/mol. The molecule has 3 heterocycles. The molecular weight excluding hydrogens is 316 g/mol. The number of thioether (sulfide) groups is 1. The lowest BCUT2D eigenvalue weighted by Gasteiger charge is -2.42. The van der Waals surface area contributed by atoms with Crippen molar-refractivity contribution in [2.75, 3.05) is 19.6 Å². The molecule has 3 rings (SSSR count). The fourth-order valence-electron chi connectivity index (χ4n) is 3.82. The predicted octanol–water partition coefficient (Wildman–Crippen LogP) is 1.68. The van der Waals surface area contributed by atoms with E-state index in [1.54, 1.807) is 4.90 Å². The molecule has 1 amide bonds.